The first-order valence-corrected chi connectivity index (χ1v) is 7.23. The fourth-order valence-corrected chi connectivity index (χ4v) is 2.40. The Morgan fingerprint density at radius 2 is 1.96 bits per heavy atom. The van der Waals surface area contributed by atoms with Crippen LogP contribution in [0.1, 0.15) is 37.0 Å². The Morgan fingerprint density at radius 3 is 2.50 bits per heavy atom. The Bertz CT molecular complexity index is 747. The third kappa shape index (κ3) is 4.03. The number of carbonyl (C=O) groups is 2. The third-order valence-electron chi connectivity index (χ3n) is 3.60. The van der Waals surface area contributed by atoms with E-state index in [0.29, 0.717) is 6.42 Å². The first-order valence-electron chi connectivity index (χ1n) is 7.23. The molecule has 0 aromatic heterocycles. The van der Waals surface area contributed by atoms with E-state index in [2.05, 4.69) is 10.5 Å². The van der Waals surface area contributed by atoms with Gasteiger partial charge in [0.1, 0.15) is 5.76 Å². The Labute approximate surface area is 138 Å². The van der Waals surface area contributed by atoms with Crippen molar-refractivity contribution in [3.63, 3.8) is 0 Å². The van der Waals surface area contributed by atoms with Crippen molar-refractivity contribution in [2.24, 2.45) is 10.5 Å². The Morgan fingerprint density at radius 1 is 1.33 bits per heavy atom. The normalized spacial score (nSPS) is 17.2. The van der Waals surface area contributed by atoms with Crippen LogP contribution in [0.2, 0.25) is 0 Å². The molecule has 0 radical (unpaired) electrons. The summed E-state index contributed by atoms with van der Waals surface area (Å²) in [6.07, 6.45) is 1.77. The topological polar surface area (TPSA) is 122 Å². The number of nitro groups is 1. The SMILES string of the molecule is CC1(C)CC(=O)C(/C=N/NC(=O)c2ccc([N+](=O)[O-])cc2)=C(O)C1. The van der Waals surface area contributed by atoms with Gasteiger partial charge in [0.25, 0.3) is 11.6 Å². The molecule has 1 aromatic carbocycles. The van der Waals surface area contributed by atoms with E-state index in [-0.39, 0.29) is 40.2 Å². The first-order chi connectivity index (χ1) is 11.2. The largest absolute Gasteiger partial charge is 0.511 e. The number of benzene rings is 1. The lowest BCUT2D eigenvalue weighted by molar-refractivity contribution is -0.384. The second-order valence-electron chi connectivity index (χ2n) is 6.30. The maximum Gasteiger partial charge on any atom is 0.271 e. The molecule has 0 saturated carbocycles. The fraction of sp³-hybridized carbons (Fsp3) is 0.312. The van der Waals surface area contributed by atoms with Crippen molar-refractivity contribution < 1.29 is 19.6 Å². The molecule has 8 heteroatoms. The Kier molecular flexibility index (Phi) is 4.77. The molecular formula is C16H17N3O5. The summed E-state index contributed by atoms with van der Waals surface area (Å²) in [6, 6.07) is 5.02. The lowest BCUT2D eigenvalue weighted by atomic mass is 9.77. The number of Topliss-reactive ketones (excluding diaryl/α,β-unsaturated/α-hetero) is 1. The molecular weight excluding hydrogens is 314 g/mol. The minimum atomic E-state index is -0.579. The summed E-state index contributed by atoms with van der Waals surface area (Å²) >= 11 is 0. The highest BCUT2D eigenvalue weighted by Crippen LogP contribution is 2.35. The molecule has 1 amide bonds. The van der Waals surface area contributed by atoms with Crippen molar-refractivity contribution in [2.75, 3.05) is 0 Å². The van der Waals surface area contributed by atoms with Crippen molar-refractivity contribution in [3.8, 4) is 0 Å². The van der Waals surface area contributed by atoms with E-state index in [0.717, 1.165) is 6.21 Å². The molecule has 0 aliphatic heterocycles. The van der Waals surface area contributed by atoms with Crippen LogP contribution in [0.3, 0.4) is 0 Å². The fourth-order valence-electron chi connectivity index (χ4n) is 2.40. The summed E-state index contributed by atoms with van der Waals surface area (Å²) < 4.78 is 0. The molecule has 0 fully saturated rings. The van der Waals surface area contributed by atoms with Gasteiger partial charge >= 0.3 is 0 Å². The lowest BCUT2D eigenvalue weighted by Gasteiger charge is -2.28. The van der Waals surface area contributed by atoms with E-state index in [9.17, 15) is 24.8 Å². The number of carbonyl (C=O) groups excluding carboxylic acids is 2. The van der Waals surface area contributed by atoms with Gasteiger partial charge < -0.3 is 5.11 Å². The van der Waals surface area contributed by atoms with Crippen molar-refractivity contribution in [3.05, 3.63) is 51.3 Å². The van der Waals surface area contributed by atoms with Crippen LogP contribution in [0.25, 0.3) is 0 Å². The molecule has 1 aliphatic carbocycles. The summed E-state index contributed by atoms with van der Waals surface area (Å²) in [6.45, 7) is 3.76. The number of allylic oxidation sites excluding steroid dienone is 2. The zero-order valence-corrected chi connectivity index (χ0v) is 13.3. The molecule has 0 saturated heterocycles. The third-order valence-corrected chi connectivity index (χ3v) is 3.60. The van der Waals surface area contributed by atoms with E-state index >= 15 is 0 Å². The summed E-state index contributed by atoms with van der Waals surface area (Å²) in [5.74, 6) is -0.869. The predicted octanol–water partition coefficient (Wildman–Crippen LogP) is 2.51. The van der Waals surface area contributed by atoms with Gasteiger partial charge in [-0.1, -0.05) is 13.8 Å². The summed E-state index contributed by atoms with van der Waals surface area (Å²) in [5, 5.41) is 24.2. The number of hydrogen-bond donors (Lipinski definition) is 2. The van der Waals surface area contributed by atoms with Crippen LogP contribution in [-0.2, 0) is 4.79 Å². The van der Waals surface area contributed by atoms with Gasteiger partial charge in [0, 0.05) is 30.5 Å². The maximum atomic E-state index is 12.0. The highest BCUT2D eigenvalue weighted by atomic mass is 16.6. The van der Waals surface area contributed by atoms with Crippen LogP contribution in [0, 0.1) is 15.5 Å². The van der Waals surface area contributed by atoms with Gasteiger partial charge in [-0.2, -0.15) is 5.10 Å². The number of amides is 1. The van der Waals surface area contributed by atoms with Gasteiger partial charge in [0.05, 0.1) is 16.7 Å². The van der Waals surface area contributed by atoms with Crippen LogP contribution in [0.4, 0.5) is 5.69 Å². The molecule has 126 valence electrons. The summed E-state index contributed by atoms with van der Waals surface area (Å²) in [5.41, 5.74) is 2.06. The lowest BCUT2D eigenvalue weighted by Crippen LogP contribution is -2.27. The van der Waals surface area contributed by atoms with E-state index < -0.39 is 10.8 Å². The standard InChI is InChI=1S/C16H17N3O5/c1-16(2)7-13(20)12(14(21)8-16)9-17-18-15(22)10-3-5-11(6-4-10)19(23)24/h3-6,9,20H,7-8H2,1-2H3,(H,18,22)/b17-9+. The van der Waals surface area contributed by atoms with Gasteiger partial charge in [0.15, 0.2) is 5.78 Å². The molecule has 1 aromatic rings. The van der Waals surface area contributed by atoms with Gasteiger partial charge in [-0.05, 0) is 17.5 Å². The van der Waals surface area contributed by atoms with Crippen molar-refractivity contribution in [1.29, 1.82) is 0 Å². The minimum Gasteiger partial charge on any atom is -0.511 e. The van der Waals surface area contributed by atoms with E-state index in [1.807, 2.05) is 13.8 Å². The molecule has 2 rings (SSSR count). The predicted molar refractivity (Wildman–Crippen MR) is 86.7 cm³/mol. The van der Waals surface area contributed by atoms with Crippen molar-refractivity contribution in [2.45, 2.75) is 26.7 Å². The van der Waals surface area contributed by atoms with Crippen LogP contribution in [-0.4, -0.2) is 27.9 Å². The number of nitrogens with one attached hydrogen (secondary N) is 1. The molecule has 1 aliphatic rings. The highest BCUT2D eigenvalue weighted by molar-refractivity contribution is 6.14. The van der Waals surface area contributed by atoms with Crippen LogP contribution < -0.4 is 5.43 Å². The van der Waals surface area contributed by atoms with Gasteiger partial charge in [-0.25, -0.2) is 5.43 Å². The number of nitrogens with zero attached hydrogens (tertiary/aromatic N) is 2. The molecule has 24 heavy (non-hydrogen) atoms. The molecule has 0 heterocycles. The summed E-state index contributed by atoms with van der Waals surface area (Å²) in [7, 11) is 0. The maximum absolute atomic E-state index is 12.0. The number of rotatable bonds is 4. The molecule has 0 spiro atoms. The van der Waals surface area contributed by atoms with Gasteiger partial charge in [0.2, 0.25) is 0 Å². The molecule has 0 atom stereocenters. The molecule has 0 unspecified atom stereocenters. The quantitative estimate of drug-likeness (QED) is 0.498. The highest BCUT2D eigenvalue weighted by Gasteiger charge is 2.32. The molecule has 0 bridgehead atoms. The Hall–Kier alpha value is -3.03. The number of aliphatic hydroxyl groups is 1. The number of aliphatic hydroxyl groups excluding tert-OH is 1. The number of nitro benzene ring substituents is 1. The van der Waals surface area contributed by atoms with E-state index in [1.165, 1.54) is 24.3 Å². The number of non-ortho nitro benzene ring substituents is 1. The van der Waals surface area contributed by atoms with E-state index in [1.54, 1.807) is 0 Å². The molecule has 8 nitrogen and oxygen atoms in total. The van der Waals surface area contributed by atoms with Crippen LogP contribution in [0.5, 0.6) is 0 Å². The zero-order chi connectivity index (χ0) is 17.9. The summed E-state index contributed by atoms with van der Waals surface area (Å²) in [4.78, 5) is 33.9. The Balaban J connectivity index is 2.04. The van der Waals surface area contributed by atoms with Gasteiger partial charge in [-0.15, -0.1) is 0 Å². The van der Waals surface area contributed by atoms with Crippen LogP contribution in [0.15, 0.2) is 40.7 Å². The number of hydrogen-bond acceptors (Lipinski definition) is 6. The van der Waals surface area contributed by atoms with E-state index in [4.69, 9.17) is 0 Å². The van der Waals surface area contributed by atoms with Crippen LogP contribution >= 0.6 is 0 Å². The molecule has 2 N–H and O–H groups in total. The minimum absolute atomic E-state index is 0.0513. The smallest absolute Gasteiger partial charge is 0.271 e. The van der Waals surface area contributed by atoms with Crippen molar-refractivity contribution in [1.82, 2.24) is 5.43 Å². The average Bonchev–Trinajstić information content (AvgIpc) is 2.48. The first kappa shape index (κ1) is 17.3. The second-order valence-corrected chi connectivity index (χ2v) is 6.30. The van der Waals surface area contributed by atoms with Crippen molar-refractivity contribution >= 4 is 23.6 Å². The average molecular weight is 331 g/mol. The number of ketones is 1. The monoisotopic (exact) mass is 331 g/mol. The van der Waals surface area contributed by atoms with Gasteiger partial charge in [-0.3, -0.25) is 19.7 Å². The number of hydrazone groups is 1. The zero-order valence-electron chi connectivity index (χ0n) is 13.3. The second kappa shape index (κ2) is 6.61.